The minimum Gasteiger partial charge on any atom is -0.469 e. The van der Waals surface area contributed by atoms with Crippen molar-refractivity contribution < 1.29 is 14.3 Å². The molecule has 0 amide bonds. The highest BCUT2D eigenvalue weighted by atomic mass is 16.5. The first-order chi connectivity index (χ1) is 5.27. The molecular weight excluding hydrogens is 144 g/mol. The van der Waals surface area contributed by atoms with Crippen LogP contribution in [0, 0.1) is 11.8 Å². The number of methoxy groups -OCH3 is 1. The molecule has 1 fully saturated rings. The Labute approximate surface area is 65.7 Å². The molecule has 1 saturated carbocycles. The highest BCUT2D eigenvalue weighted by molar-refractivity contribution is 5.70. The van der Waals surface area contributed by atoms with Crippen molar-refractivity contribution in [1.82, 2.24) is 0 Å². The predicted molar refractivity (Wildman–Crippen MR) is 38.9 cm³/mol. The van der Waals surface area contributed by atoms with Crippen LogP contribution in [0.4, 0.5) is 0 Å². The summed E-state index contributed by atoms with van der Waals surface area (Å²) in [6, 6.07) is 0. The molecule has 0 unspecified atom stereocenters. The molecule has 1 aliphatic carbocycles. The van der Waals surface area contributed by atoms with Gasteiger partial charge in [-0.05, 0) is 18.8 Å². The zero-order chi connectivity index (χ0) is 8.27. The van der Waals surface area contributed by atoms with Gasteiger partial charge < -0.3 is 9.53 Å². The second-order valence-corrected chi connectivity index (χ2v) is 2.92. The van der Waals surface area contributed by atoms with Gasteiger partial charge in [-0.25, -0.2) is 0 Å². The van der Waals surface area contributed by atoms with Crippen LogP contribution >= 0.6 is 0 Å². The molecule has 1 aliphatic rings. The van der Waals surface area contributed by atoms with Crippen LogP contribution in [0.3, 0.4) is 0 Å². The van der Waals surface area contributed by atoms with Crippen molar-refractivity contribution in [2.75, 3.05) is 7.11 Å². The van der Waals surface area contributed by atoms with E-state index in [4.69, 9.17) is 0 Å². The minimum absolute atomic E-state index is 0.106. The number of hydrogen-bond donors (Lipinski definition) is 0. The van der Waals surface area contributed by atoms with Gasteiger partial charge in [0.25, 0.3) is 0 Å². The highest BCUT2D eigenvalue weighted by Gasteiger charge is 2.32. The molecule has 0 radical (unpaired) electrons. The Morgan fingerprint density at radius 1 is 1.64 bits per heavy atom. The van der Waals surface area contributed by atoms with E-state index in [0.717, 1.165) is 19.1 Å². The first-order valence-corrected chi connectivity index (χ1v) is 3.80. The van der Waals surface area contributed by atoms with Crippen molar-refractivity contribution in [1.29, 1.82) is 0 Å². The summed E-state index contributed by atoms with van der Waals surface area (Å²) in [6.45, 7) is 0. The molecule has 0 N–H and O–H groups in total. The average Bonchev–Trinajstić information content (AvgIpc) is 1.98. The fourth-order valence-corrected chi connectivity index (χ4v) is 1.32. The van der Waals surface area contributed by atoms with E-state index in [9.17, 15) is 9.59 Å². The molecule has 0 bridgehead atoms. The number of hydrogen-bond acceptors (Lipinski definition) is 3. The van der Waals surface area contributed by atoms with Crippen LogP contribution in [0.25, 0.3) is 0 Å². The standard InChI is InChI=1S/C8H12O3/c1-11-8(10)4-6-2-3-7(6)5-9/h5-7H,2-4H2,1H3/t6-,7+/m1/s1. The van der Waals surface area contributed by atoms with E-state index in [-0.39, 0.29) is 17.8 Å². The van der Waals surface area contributed by atoms with Crippen LogP contribution in [0.2, 0.25) is 0 Å². The lowest BCUT2D eigenvalue weighted by Crippen LogP contribution is -2.29. The van der Waals surface area contributed by atoms with Crippen molar-refractivity contribution in [3.63, 3.8) is 0 Å². The SMILES string of the molecule is COC(=O)C[C@H]1CC[C@H]1C=O. The van der Waals surface area contributed by atoms with Gasteiger partial charge in [-0.15, -0.1) is 0 Å². The van der Waals surface area contributed by atoms with Crippen LogP contribution in [-0.4, -0.2) is 19.4 Å². The summed E-state index contributed by atoms with van der Waals surface area (Å²) in [5, 5.41) is 0. The van der Waals surface area contributed by atoms with Gasteiger partial charge in [-0.1, -0.05) is 0 Å². The molecule has 0 spiro atoms. The number of ether oxygens (including phenoxy) is 1. The van der Waals surface area contributed by atoms with Crippen molar-refractivity contribution in [2.45, 2.75) is 19.3 Å². The minimum atomic E-state index is -0.207. The third-order valence-corrected chi connectivity index (χ3v) is 2.31. The first-order valence-electron chi connectivity index (χ1n) is 3.80. The summed E-state index contributed by atoms with van der Waals surface area (Å²) in [4.78, 5) is 21.1. The maximum absolute atomic E-state index is 10.7. The van der Waals surface area contributed by atoms with Crippen LogP contribution in [0.15, 0.2) is 0 Å². The van der Waals surface area contributed by atoms with E-state index in [1.165, 1.54) is 7.11 Å². The van der Waals surface area contributed by atoms with Crippen LogP contribution < -0.4 is 0 Å². The van der Waals surface area contributed by atoms with Crippen molar-refractivity contribution in [3.8, 4) is 0 Å². The molecule has 0 aromatic carbocycles. The van der Waals surface area contributed by atoms with Gasteiger partial charge >= 0.3 is 5.97 Å². The Balaban J connectivity index is 2.27. The zero-order valence-corrected chi connectivity index (χ0v) is 6.58. The Kier molecular flexibility index (Phi) is 2.63. The second-order valence-electron chi connectivity index (χ2n) is 2.92. The Morgan fingerprint density at radius 2 is 2.36 bits per heavy atom. The number of carbonyl (C=O) groups is 2. The van der Waals surface area contributed by atoms with Gasteiger partial charge in [-0.2, -0.15) is 0 Å². The predicted octanol–water partition coefficient (Wildman–Crippen LogP) is 0.775. The number of carbonyl (C=O) groups excluding carboxylic acids is 2. The summed E-state index contributed by atoms with van der Waals surface area (Å²) in [5.41, 5.74) is 0. The number of rotatable bonds is 3. The largest absolute Gasteiger partial charge is 0.469 e. The molecule has 0 aliphatic heterocycles. The third-order valence-electron chi connectivity index (χ3n) is 2.31. The van der Waals surface area contributed by atoms with E-state index in [0.29, 0.717) is 6.42 Å². The van der Waals surface area contributed by atoms with E-state index in [1.807, 2.05) is 0 Å². The van der Waals surface area contributed by atoms with Gasteiger partial charge in [0.2, 0.25) is 0 Å². The summed E-state index contributed by atoms with van der Waals surface area (Å²) in [5.74, 6) is 0.149. The van der Waals surface area contributed by atoms with Gasteiger partial charge in [-0.3, -0.25) is 4.79 Å². The van der Waals surface area contributed by atoms with Crippen molar-refractivity contribution in [2.24, 2.45) is 11.8 Å². The lowest BCUT2D eigenvalue weighted by molar-refractivity contribution is -0.143. The summed E-state index contributed by atoms with van der Waals surface area (Å²) >= 11 is 0. The highest BCUT2D eigenvalue weighted by Crippen LogP contribution is 2.35. The second kappa shape index (κ2) is 3.51. The maximum Gasteiger partial charge on any atom is 0.305 e. The Bertz CT molecular complexity index is 165. The fourth-order valence-electron chi connectivity index (χ4n) is 1.32. The molecule has 0 aromatic heterocycles. The monoisotopic (exact) mass is 156 g/mol. The smallest absolute Gasteiger partial charge is 0.305 e. The van der Waals surface area contributed by atoms with E-state index >= 15 is 0 Å². The Morgan fingerprint density at radius 3 is 2.73 bits per heavy atom. The van der Waals surface area contributed by atoms with Gasteiger partial charge in [0.1, 0.15) is 6.29 Å². The normalized spacial score (nSPS) is 28.8. The molecule has 2 atom stereocenters. The fraction of sp³-hybridized carbons (Fsp3) is 0.750. The van der Waals surface area contributed by atoms with Gasteiger partial charge in [0.15, 0.2) is 0 Å². The first kappa shape index (κ1) is 8.24. The lowest BCUT2D eigenvalue weighted by atomic mass is 9.73. The lowest BCUT2D eigenvalue weighted by Gasteiger charge is -2.31. The van der Waals surface area contributed by atoms with Gasteiger partial charge in [0.05, 0.1) is 7.11 Å². The molecule has 3 heteroatoms. The topological polar surface area (TPSA) is 43.4 Å². The van der Waals surface area contributed by atoms with E-state index in [2.05, 4.69) is 4.74 Å². The molecule has 0 heterocycles. The summed E-state index contributed by atoms with van der Waals surface area (Å²) < 4.78 is 4.49. The van der Waals surface area contributed by atoms with Gasteiger partial charge in [0, 0.05) is 12.3 Å². The van der Waals surface area contributed by atoms with Crippen molar-refractivity contribution in [3.05, 3.63) is 0 Å². The zero-order valence-electron chi connectivity index (χ0n) is 6.58. The molecule has 1 rings (SSSR count). The number of aldehydes is 1. The molecular formula is C8H12O3. The molecule has 62 valence electrons. The summed E-state index contributed by atoms with van der Waals surface area (Å²) in [6.07, 6.45) is 3.26. The van der Waals surface area contributed by atoms with Crippen LogP contribution in [0.5, 0.6) is 0 Å². The third kappa shape index (κ3) is 1.79. The molecule has 0 aromatic rings. The summed E-state index contributed by atoms with van der Waals surface area (Å²) in [7, 11) is 1.37. The van der Waals surface area contributed by atoms with Crippen molar-refractivity contribution >= 4 is 12.3 Å². The van der Waals surface area contributed by atoms with E-state index in [1.54, 1.807) is 0 Å². The maximum atomic E-state index is 10.7. The Hall–Kier alpha value is -0.860. The molecule has 11 heavy (non-hydrogen) atoms. The van der Waals surface area contributed by atoms with Crippen LogP contribution in [-0.2, 0) is 14.3 Å². The quantitative estimate of drug-likeness (QED) is 0.448. The molecule has 0 saturated heterocycles. The van der Waals surface area contributed by atoms with Crippen LogP contribution in [0.1, 0.15) is 19.3 Å². The average molecular weight is 156 g/mol. The van der Waals surface area contributed by atoms with E-state index < -0.39 is 0 Å². The number of esters is 1. The molecule has 3 nitrogen and oxygen atoms in total.